The molecule has 108 valence electrons. The summed E-state index contributed by atoms with van der Waals surface area (Å²) < 4.78 is 10.5. The third kappa shape index (κ3) is 1.95. The first-order chi connectivity index (χ1) is 10.1. The molecule has 0 radical (unpaired) electrons. The second-order valence-electron chi connectivity index (χ2n) is 5.68. The number of ether oxygens (including phenoxy) is 2. The Bertz CT molecular complexity index is 697. The molecule has 3 atom stereocenters. The van der Waals surface area contributed by atoms with E-state index in [2.05, 4.69) is 11.4 Å². The quantitative estimate of drug-likeness (QED) is 0.479. The number of carbonyl (C=O) groups excluding carboxylic acids is 2. The van der Waals surface area contributed by atoms with Gasteiger partial charge in [-0.25, -0.2) is 4.79 Å². The molecule has 4 rings (SSSR count). The van der Waals surface area contributed by atoms with Crippen molar-refractivity contribution in [1.29, 1.82) is 0 Å². The van der Waals surface area contributed by atoms with Gasteiger partial charge in [0.2, 0.25) is 0 Å². The van der Waals surface area contributed by atoms with Crippen LogP contribution in [-0.4, -0.2) is 18.0 Å². The fourth-order valence-electron chi connectivity index (χ4n) is 3.37. The number of ketones is 1. The van der Waals surface area contributed by atoms with Crippen molar-refractivity contribution in [2.75, 3.05) is 0 Å². The number of hydrogen-bond acceptors (Lipinski definition) is 5. The number of thiophene rings is 1. The number of carbonyl (C=O) groups is 2. The first kappa shape index (κ1) is 12.8. The molecule has 1 aromatic heterocycles. The number of fused-ring (bicyclic) bond motifs is 3. The zero-order chi connectivity index (χ0) is 14.6. The number of rotatable bonds is 2. The molecule has 4 nitrogen and oxygen atoms in total. The highest BCUT2D eigenvalue weighted by Gasteiger charge is 2.44. The summed E-state index contributed by atoms with van der Waals surface area (Å²) in [6.45, 7) is 1.69. The summed E-state index contributed by atoms with van der Waals surface area (Å²) in [7, 11) is 0. The van der Waals surface area contributed by atoms with E-state index in [4.69, 9.17) is 9.47 Å². The summed E-state index contributed by atoms with van der Waals surface area (Å²) in [5.41, 5.74) is 2.60. The molecule has 0 saturated heterocycles. The van der Waals surface area contributed by atoms with Crippen molar-refractivity contribution >= 4 is 23.1 Å². The SMILES string of the molecule is CC1=C[C@@H](O/C=C2/C(=O)C[C@@H]3c4ccsc4C[C@H]23)OC1=O. The van der Waals surface area contributed by atoms with Gasteiger partial charge in [0.15, 0.2) is 5.78 Å². The van der Waals surface area contributed by atoms with Crippen LogP contribution in [-0.2, 0) is 25.5 Å². The number of esters is 1. The Hall–Kier alpha value is -1.88. The third-order valence-corrected chi connectivity index (χ3v) is 5.42. The van der Waals surface area contributed by atoms with Gasteiger partial charge in [-0.3, -0.25) is 4.79 Å². The monoisotopic (exact) mass is 302 g/mol. The van der Waals surface area contributed by atoms with Crippen molar-refractivity contribution in [3.63, 3.8) is 0 Å². The average molecular weight is 302 g/mol. The molecule has 1 fully saturated rings. The van der Waals surface area contributed by atoms with Gasteiger partial charge < -0.3 is 9.47 Å². The van der Waals surface area contributed by atoms with Crippen LogP contribution in [0.2, 0.25) is 0 Å². The van der Waals surface area contributed by atoms with E-state index in [0.717, 1.165) is 12.0 Å². The maximum Gasteiger partial charge on any atom is 0.336 e. The van der Waals surface area contributed by atoms with Crippen molar-refractivity contribution in [1.82, 2.24) is 0 Å². The van der Waals surface area contributed by atoms with Gasteiger partial charge in [0.05, 0.1) is 6.26 Å². The third-order valence-electron chi connectivity index (χ3n) is 4.46. The minimum atomic E-state index is -0.702. The second-order valence-corrected chi connectivity index (χ2v) is 6.68. The highest BCUT2D eigenvalue weighted by molar-refractivity contribution is 7.10. The minimum absolute atomic E-state index is 0.145. The smallest absolute Gasteiger partial charge is 0.336 e. The van der Waals surface area contributed by atoms with Gasteiger partial charge in [-0.15, -0.1) is 11.3 Å². The molecule has 0 bridgehead atoms. The fourth-order valence-corrected chi connectivity index (χ4v) is 4.38. The Morgan fingerprint density at radius 1 is 1.33 bits per heavy atom. The molecule has 21 heavy (non-hydrogen) atoms. The Morgan fingerprint density at radius 2 is 2.19 bits per heavy atom. The van der Waals surface area contributed by atoms with Crippen LogP contribution in [0.3, 0.4) is 0 Å². The standard InChI is InChI=1S/C16H14O4S/c1-8-4-15(20-16(8)18)19-7-12-11-6-14-9(2-3-21-14)10(11)5-13(12)17/h2-4,7,10-11,15H,5-6H2,1H3/b12-7+/t10-,11+,15+/m1/s1. The van der Waals surface area contributed by atoms with Gasteiger partial charge in [-0.05, 0) is 36.3 Å². The van der Waals surface area contributed by atoms with Crippen LogP contribution in [0, 0.1) is 5.92 Å². The molecule has 1 aromatic rings. The van der Waals surface area contributed by atoms with Crippen LogP contribution in [0.5, 0.6) is 0 Å². The highest BCUT2D eigenvalue weighted by Crippen LogP contribution is 2.51. The zero-order valence-corrected chi connectivity index (χ0v) is 12.3. The number of cyclic esters (lactones) is 1. The lowest BCUT2D eigenvalue weighted by Gasteiger charge is -2.12. The summed E-state index contributed by atoms with van der Waals surface area (Å²) in [5.74, 6) is 0.308. The summed E-state index contributed by atoms with van der Waals surface area (Å²) in [5, 5.41) is 2.09. The Morgan fingerprint density at radius 3 is 2.95 bits per heavy atom. The molecule has 0 spiro atoms. The lowest BCUT2D eigenvalue weighted by atomic mass is 9.95. The maximum atomic E-state index is 12.2. The fraction of sp³-hybridized carbons (Fsp3) is 0.375. The summed E-state index contributed by atoms with van der Waals surface area (Å²) in [6.07, 6.45) is 3.91. The molecule has 2 heterocycles. The van der Waals surface area contributed by atoms with Crippen LogP contribution in [0.25, 0.3) is 0 Å². The Balaban J connectivity index is 1.54. The van der Waals surface area contributed by atoms with Crippen molar-refractivity contribution in [3.05, 3.63) is 45.4 Å². The maximum absolute atomic E-state index is 12.2. The van der Waals surface area contributed by atoms with Gasteiger partial charge in [0.25, 0.3) is 6.29 Å². The molecule has 1 aliphatic heterocycles. The van der Waals surface area contributed by atoms with E-state index in [1.807, 2.05) is 0 Å². The van der Waals surface area contributed by atoms with Crippen LogP contribution < -0.4 is 0 Å². The van der Waals surface area contributed by atoms with E-state index in [9.17, 15) is 9.59 Å². The second kappa shape index (κ2) is 4.56. The summed E-state index contributed by atoms with van der Waals surface area (Å²) >= 11 is 1.76. The van der Waals surface area contributed by atoms with Crippen LogP contribution >= 0.6 is 11.3 Å². The molecule has 1 saturated carbocycles. The Kier molecular flexibility index (Phi) is 2.79. The lowest BCUT2D eigenvalue weighted by Crippen LogP contribution is -2.11. The predicted octanol–water partition coefficient (Wildman–Crippen LogP) is 2.71. The van der Waals surface area contributed by atoms with E-state index >= 15 is 0 Å². The van der Waals surface area contributed by atoms with Crippen molar-refractivity contribution < 1.29 is 19.1 Å². The number of allylic oxidation sites excluding steroid dienone is 1. The predicted molar refractivity (Wildman–Crippen MR) is 76.7 cm³/mol. The molecule has 3 aliphatic rings. The molecular formula is C16H14O4S. The molecular weight excluding hydrogens is 288 g/mol. The van der Waals surface area contributed by atoms with E-state index in [1.165, 1.54) is 16.7 Å². The summed E-state index contributed by atoms with van der Waals surface area (Å²) in [6, 6.07) is 2.13. The lowest BCUT2D eigenvalue weighted by molar-refractivity contribution is -0.152. The van der Waals surface area contributed by atoms with E-state index in [-0.39, 0.29) is 17.7 Å². The van der Waals surface area contributed by atoms with Crippen LogP contribution in [0.1, 0.15) is 29.7 Å². The molecule has 0 unspecified atom stereocenters. The van der Waals surface area contributed by atoms with E-state index < -0.39 is 6.29 Å². The molecule has 0 aromatic carbocycles. The van der Waals surface area contributed by atoms with E-state index in [1.54, 1.807) is 24.3 Å². The van der Waals surface area contributed by atoms with Gasteiger partial charge in [-0.1, -0.05) is 0 Å². The van der Waals surface area contributed by atoms with Crippen LogP contribution in [0.4, 0.5) is 0 Å². The van der Waals surface area contributed by atoms with Crippen molar-refractivity contribution in [3.8, 4) is 0 Å². The zero-order valence-electron chi connectivity index (χ0n) is 11.5. The van der Waals surface area contributed by atoms with Gasteiger partial charge in [-0.2, -0.15) is 0 Å². The largest absolute Gasteiger partial charge is 0.458 e. The molecule has 0 N–H and O–H groups in total. The summed E-state index contributed by atoms with van der Waals surface area (Å²) in [4.78, 5) is 24.9. The molecule has 2 aliphatic carbocycles. The number of Topliss-reactive ketones (excluding diaryl/α,β-unsaturated/α-hetero) is 1. The molecule has 0 amide bonds. The Labute approximate surface area is 126 Å². The van der Waals surface area contributed by atoms with Gasteiger partial charge >= 0.3 is 5.97 Å². The van der Waals surface area contributed by atoms with Crippen LogP contribution in [0.15, 0.2) is 34.9 Å². The van der Waals surface area contributed by atoms with Gasteiger partial charge in [0, 0.05) is 34.4 Å². The van der Waals surface area contributed by atoms with Gasteiger partial charge in [0.1, 0.15) is 0 Å². The first-order valence-electron chi connectivity index (χ1n) is 6.98. The first-order valence-corrected chi connectivity index (χ1v) is 7.86. The van der Waals surface area contributed by atoms with Crippen molar-refractivity contribution in [2.45, 2.75) is 32.0 Å². The minimum Gasteiger partial charge on any atom is -0.458 e. The van der Waals surface area contributed by atoms with E-state index in [0.29, 0.717) is 17.9 Å². The van der Waals surface area contributed by atoms with Crippen molar-refractivity contribution in [2.24, 2.45) is 5.92 Å². The number of hydrogen-bond donors (Lipinski definition) is 0. The average Bonchev–Trinajstić information content (AvgIpc) is 3.13. The normalized spacial score (nSPS) is 32.1. The topological polar surface area (TPSA) is 52.6 Å². The highest BCUT2D eigenvalue weighted by atomic mass is 32.1. The molecule has 5 heteroatoms.